The molecular formula is C37H24N2O. The highest BCUT2D eigenvalue weighted by Crippen LogP contribution is 2.42. The first kappa shape index (κ1) is 22.6. The molecule has 0 aliphatic heterocycles. The van der Waals surface area contributed by atoms with E-state index < -0.39 is 0 Å². The summed E-state index contributed by atoms with van der Waals surface area (Å²) in [7, 11) is 0. The van der Waals surface area contributed by atoms with Crippen molar-refractivity contribution in [3.05, 3.63) is 146 Å². The second kappa shape index (κ2) is 9.11. The first-order chi connectivity index (χ1) is 19.9. The van der Waals surface area contributed by atoms with Crippen LogP contribution in [0.15, 0.2) is 150 Å². The minimum Gasteiger partial charge on any atom is -0.463 e. The summed E-state index contributed by atoms with van der Waals surface area (Å²) in [6.07, 6.45) is 1.86. The maximum atomic E-state index is 6.28. The van der Waals surface area contributed by atoms with Crippen LogP contribution >= 0.6 is 0 Å². The summed E-state index contributed by atoms with van der Waals surface area (Å²) in [5, 5.41) is 3.31. The summed E-state index contributed by atoms with van der Waals surface area (Å²) >= 11 is 0. The Bertz CT molecular complexity index is 2100. The number of hydrogen-bond acceptors (Lipinski definition) is 2. The van der Waals surface area contributed by atoms with E-state index in [0.717, 1.165) is 72.1 Å². The van der Waals surface area contributed by atoms with Gasteiger partial charge in [-0.2, -0.15) is 0 Å². The zero-order valence-corrected chi connectivity index (χ0v) is 21.7. The van der Waals surface area contributed by atoms with Gasteiger partial charge in [0.15, 0.2) is 0 Å². The zero-order valence-electron chi connectivity index (χ0n) is 21.7. The average Bonchev–Trinajstić information content (AvgIpc) is 3.63. The van der Waals surface area contributed by atoms with Gasteiger partial charge >= 0.3 is 0 Å². The average molecular weight is 513 g/mol. The Morgan fingerprint density at radius 1 is 0.500 bits per heavy atom. The number of hydrogen-bond donors (Lipinski definition) is 0. The van der Waals surface area contributed by atoms with Crippen LogP contribution in [0.2, 0.25) is 0 Å². The van der Waals surface area contributed by atoms with Gasteiger partial charge in [-0.15, -0.1) is 0 Å². The van der Waals surface area contributed by atoms with Crippen LogP contribution in [-0.4, -0.2) is 9.55 Å². The van der Waals surface area contributed by atoms with Crippen LogP contribution in [0, 0.1) is 0 Å². The van der Waals surface area contributed by atoms with E-state index in [0.29, 0.717) is 0 Å². The van der Waals surface area contributed by atoms with E-state index in [-0.39, 0.29) is 0 Å². The van der Waals surface area contributed by atoms with Crippen LogP contribution in [0.1, 0.15) is 0 Å². The minimum atomic E-state index is 0.857. The van der Waals surface area contributed by atoms with E-state index in [1.54, 1.807) is 0 Å². The highest BCUT2D eigenvalue weighted by molar-refractivity contribution is 6.09. The Morgan fingerprint density at radius 2 is 1.15 bits per heavy atom. The van der Waals surface area contributed by atoms with Crippen molar-refractivity contribution in [2.24, 2.45) is 0 Å². The number of benzene rings is 6. The Kier molecular flexibility index (Phi) is 5.14. The van der Waals surface area contributed by atoms with Gasteiger partial charge in [-0.1, -0.05) is 121 Å². The van der Waals surface area contributed by atoms with Crippen molar-refractivity contribution >= 4 is 32.8 Å². The molecule has 3 heteroatoms. The second-order valence-electron chi connectivity index (χ2n) is 10.0. The van der Waals surface area contributed by atoms with Gasteiger partial charge in [0, 0.05) is 21.9 Å². The number of furan rings is 1. The van der Waals surface area contributed by atoms with E-state index in [1.807, 2.05) is 12.3 Å². The quantitative estimate of drug-likeness (QED) is 0.235. The fourth-order valence-corrected chi connectivity index (χ4v) is 5.86. The van der Waals surface area contributed by atoms with Gasteiger partial charge in [-0.3, -0.25) is 4.57 Å². The van der Waals surface area contributed by atoms with Crippen LogP contribution in [-0.2, 0) is 0 Å². The summed E-state index contributed by atoms with van der Waals surface area (Å²) in [6.45, 7) is 0. The van der Waals surface area contributed by atoms with Gasteiger partial charge in [-0.05, 0) is 34.7 Å². The van der Waals surface area contributed by atoms with Crippen molar-refractivity contribution < 1.29 is 4.42 Å². The molecule has 0 N–H and O–H groups in total. The molecule has 6 aromatic carbocycles. The molecule has 2 heterocycles. The van der Waals surface area contributed by atoms with E-state index in [9.17, 15) is 0 Å². The number of para-hydroxylation sites is 3. The van der Waals surface area contributed by atoms with Gasteiger partial charge < -0.3 is 4.42 Å². The standard InChI is InChI=1S/C37H24N2O/c1-3-12-25(13-4-1)28-18-11-19-29(26-14-5-2-6-15-26)35(28)39-34-21-10-9-20-33(34)38-37(39)32-24-40-36-30-17-8-7-16-27(30)22-23-31(32)36/h1-24H. The van der Waals surface area contributed by atoms with Gasteiger partial charge in [-0.25, -0.2) is 4.98 Å². The molecule has 0 amide bonds. The molecule has 0 unspecified atom stereocenters. The van der Waals surface area contributed by atoms with Crippen molar-refractivity contribution in [2.45, 2.75) is 0 Å². The van der Waals surface area contributed by atoms with Crippen LogP contribution < -0.4 is 0 Å². The van der Waals surface area contributed by atoms with Crippen LogP contribution in [0.4, 0.5) is 0 Å². The lowest BCUT2D eigenvalue weighted by Crippen LogP contribution is -2.03. The SMILES string of the molecule is c1ccc(-c2cccc(-c3ccccc3)c2-n2c(-c3coc4c3ccc3ccccc34)nc3ccccc32)cc1. The third-order valence-corrected chi connectivity index (χ3v) is 7.70. The van der Waals surface area contributed by atoms with Gasteiger partial charge in [0.1, 0.15) is 17.7 Å². The number of rotatable bonds is 4. The van der Waals surface area contributed by atoms with E-state index in [1.165, 1.54) is 0 Å². The molecule has 0 aliphatic rings. The molecule has 3 nitrogen and oxygen atoms in total. The third-order valence-electron chi connectivity index (χ3n) is 7.70. The Hall–Kier alpha value is -5.41. The van der Waals surface area contributed by atoms with Crippen molar-refractivity contribution in [1.29, 1.82) is 0 Å². The summed E-state index contributed by atoms with van der Waals surface area (Å²) in [5.74, 6) is 0.857. The molecule has 8 rings (SSSR count). The molecule has 0 saturated carbocycles. The summed E-state index contributed by atoms with van der Waals surface area (Å²) in [4.78, 5) is 5.23. The molecule has 0 bridgehead atoms. The van der Waals surface area contributed by atoms with Gasteiger partial charge in [0.2, 0.25) is 0 Å². The first-order valence-electron chi connectivity index (χ1n) is 13.5. The maximum Gasteiger partial charge on any atom is 0.149 e. The van der Waals surface area contributed by atoms with Gasteiger partial charge in [0.05, 0.1) is 22.3 Å². The normalized spacial score (nSPS) is 11.5. The second-order valence-corrected chi connectivity index (χ2v) is 10.0. The number of fused-ring (bicyclic) bond motifs is 4. The molecule has 0 saturated heterocycles. The topological polar surface area (TPSA) is 31.0 Å². The highest BCUT2D eigenvalue weighted by Gasteiger charge is 2.23. The maximum absolute atomic E-state index is 6.28. The first-order valence-corrected chi connectivity index (χ1v) is 13.5. The number of nitrogens with zero attached hydrogens (tertiary/aromatic N) is 2. The van der Waals surface area contributed by atoms with Crippen molar-refractivity contribution in [3.63, 3.8) is 0 Å². The monoisotopic (exact) mass is 512 g/mol. The van der Waals surface area contributed by atoms with Crippen LogP contribution in [0.25, 0.3) is 72.1 Å². The highest BCUT2D eigenvalue weighted by atomic mass is 16.3. The van der Waals surface area contributed by atoms with Crippen molar-refractivity contribution in [3.8, 4) is 39.3 Å². The molecule has 8 aromatic rings. The lowest BCUT2D eigenvalue weighted by atomic mass is 9.95. The predicted octanol–water partition coefficient (Wildman–Crippen LogP) is 9.93. The smallest absolute Gasteiger partial charge is 0.149 e. The molecule has 188 valence electrons. The summed E-state index contributed by atoms with van der Waals surface area (Å²) < 4.78 is 8.60. The Labute approximate surface area is 231 Å². The van der Waals surface area contributed by atoms with Crippen LogP contribution in [0.5, 0.6) is 0 Å². The fourth-order valence-electron chi connectivity index (χ4n) is 5.86. The van der Waals surface area contributed by atoms with Crippen molar-refractivity contribution in [1.82, 2.24) is 9.55 Å². The molecule has 0 atom stereocenters. The van der Waals surface area contributed by atoms with E-state index in [2.05, 4.69) is 138 Å². The summed E-state index contributed by atoms with van der Waals surface area (Å²) in [5.41, 5.74) is 9.53. The summed E-state index contributed by atoms with van der Waals surface area (Å²) in [6, 6.07) is 48.8. The largest absolute Gasteiger partial charge is 0.463 e. The minimum absolute atomic E-state index is 0.857. The van der Waals surface area contributed by atoms with E-state index >= 15 is 0 Å². The molecule has 0 spiro atoms. The van der Waals surface area contributed by atoms with Crippen LogP contribution in [0.3, 0.4) is 0 Å². The van der Waals surface area contributed by atoms with Gasteiger partial charge in [0.25, 0.3) is 0 Å². The Morgan fingerprint density at radius 3 is 1.90 bits per heavy atom. The molecule has 0 aliphatic carbocycles. The molecule has 0 fully saturated rings. The number of aromatic nitrogens is 2. The molecular weight excluding hydrogens is 488 g/mol. The number of imidazole rings is 1. The molecule has 40 heavy (non-hydrogen) atoms. The molecule has 0 radical (unpaired) electrons. The lowest BCUT2D eigenvalue weighted by molar-refractivity contribution is 0.620. The Balaban J connectivity index is 1.50. The van der Waals surface area contributed by atoms with Crippen molar-refractivity contribution in [2.75, 3.05) is 0 Å². The fraction of sp³-hybridized carbons (Fsp3) is 0. The lowest BCUT2D eigenvalue weighted by Gasteiger charge is -2.19. The predicted molar refractivity (Wildman–Crippen MR) is 165 cm³/mol. The van der Waals surface area contributed by atoms with E-state index in [4.69, 9.17) is 9.40 Å². The molecule has 2 aromatic heterocycles. The zero-order chi connectivity index (χ0) is 26.5. The third kappa shape index (κ3) is 3.49.